The number of aromatic nitrogens is 2. The van der Waals surface area contributed by atoms with Gasteiger partial charge in [0, 0.05) is 37.1 Å². The molecule has 1 aromatic carbocycles. The maximum absolute atomic E-state index is 9.49. The Kier molecular flexibility index (Phi) is 2.92. The van der Waals surface area contributed by atoms with Crippen molar-refractivity contribution in [2.24, 2.45) is 0 Å². The largest absolute Gasteiger partial charge is 0.370 e. The lowest BCUT2D eigenvalue weighted by Gasteiger charge is -2.20. The van der Waals surface area contributed by atoms with Gasteiger partial charge in [0.05, 0.1) is 11.3 Å². The van der Waals surface area contributed by atoms with Crippen LogP contribution in [0.25, 0.3) is 5.69 Å². The Morgan fingerprint density at radius 2 is 2.00 bits per heavy atom. The van der Waals surface area contributed by atoms with Gasteiger partial charge in [-0.2, -0.15) is 5.26 Å². The van der Waals surface area contributed by atoms with Crippen LogP contribution in [0.3, 0.4) is 0 Å². The fourth-order valence-corrected chi connectivity index (χ4v) is 3.17. The van der Waals surface area contributed by atoms with Gasteiger partial charge in [-0.3, -0.25) is 0 Å². The van der Waals surface area contributed by atoms with E-state index in [0.717, 1.165) is 35.9 Å². The van der Waals surface area contributed by atoms with Crippen LogP contribution in [-0.4, -0.2) is 22.6 Å². The third kappa shape index (κ3) is 2.19. The SMILES string of the molecule is N#Cc1cc(-n2ccnc2C2CC2)ccc1N1CCCC1. The molecule has 1 aliphatic heterocycles. The minimum absolute atomic E-state index is 0.601. The van der Waals surface area contributed by atoms with Crippen LogP contribution in [0.15, 0.2) is 30.6 Å². The zero-order valence-electron chi connectivity index (χ0n) is 12.0. The molecule has 0 bridgehead atoms. The molecular weight excluding hydrogens is 260 g/mol. The molecular formula is C17H18N4. The summed E-state index contributed by atoms with van der Waals surface area (Å²) in [5, 5.41) is 9.49. The van der Waals surface area contributed by atoms with E-state index in [2.05, 4.69) is 32.7 Å². The average molecular weight is 278 g/mol. The third-order valence-corrected chi connectivity index (χ3v) is 4.44. The number of nitrogens with zero attached hydrogens (tertiary/aromatic N) is 4. The first kappa shape index (κ1) is 12.5. The molecule has 2 aliphatic rings. The Morgan fingerprint density at radius 3 is 2.71 bits per heavy atom. The Labute approximate surface area is 124 Å². The summed E-state index contributed by atoms with van der Waals surface area (Å²) in [6, 6.07) is 8.57. The van der Waals surface area contributed by atoms with E-state index in [1.54, 1.807) is 0 Å². The molecule has 21 heavy (non-hydrogen) atoms. The minimum Gasteiger partial charge on any atom is -0.370 e. The lowest BCUT2D eigenvalue weighted by molar-refractivity contribution is 0.878. The molecule has 4 nitrogen and oxygen atoms in total. The molecule has 2 heterocycles. The van der Waals surface area contributed by atoms with Gasteiger partial charge in [0.25, 0.3) is 0 Å². The van der Waals surface area contributed by atoms with E-state index < -0.39 is 0 Å². The van der Waals surface area contributed by atoms with Crippen molar-refractivity contribution in [3.05, 3.63) is 42.0 Å². The van der Waals surface area contributed by atoms with E-state index in [4.69, 9.17) is 0 Å². The third-order valence-electron chi connectivity index (χ3n) is 4.44. The van der Waals surface area contributed by atoms with Gasteiger partial charge in [-0.1, -0.05) is 0 Å². The summed E-state index contributed by atoms with van der Waals surface area (Å²) in [5.74, 6) is 1.73. The molecule has 4 heteroatoms. The normalized spacial score (nSPS) is 18.0. The zero-order valence-corrected chi connectivity index (χ0v) is 12.0. The molecule has 0 amide bonds. The Hall–Kier alpha value is -2.28. The number of nitriles is 1. The van der Waals surface area contributed by atoms with E-state index in [1.807, 2.05) is 18.5 Å². The summed E-state index contributed by atoms with van der Waals surface area (Å²) < 4.78 is 2.13. The van der Waals surface area contributed by atoms with Crippen molar-refractivity contribution in [3.8, 4) is 11.8 Å². The molecule has 1 aliphatic carbocycles. The molecule has 0 unspecified atom stereocenters. The smallest absolute Gasteiger partial charge is 0.116 e. The molecule has 1 aromatic heterocycles. The number of rotatable bonds is 3. The Balaban J connectivity index is 1.73. The van der Waals surface area contributed by atoms with Gasteiger partial charge < -0.3 is 9.47 Å². The molecule has 0 spiro atoms. The van der Waals surface area contributed by atoms with Gasteiger partial charge in [0.1, 0.15) is 11.9 Å². The van der Waals surface area contributed by atoms with Crippen LogP contribution in [-0.2, 0) is 0 Å². The molecule has 1 saturated carbocycles. The molecule has 106 valence electrons. The summed E-state index contributed by atoms with van der Waals surface area (Å²) in [6.07, 6.45) is 8.76. The second-order valence-corrected chi connectivity index (χ2v) is 5.94. The monoisotopic (exact) mass is 278 g/mol. The highest BCUT2D eigenvalue weighted by Gasteiger charge is 2.28. The first-order valence-corrected chi connectivity index (χ1v) is 7.69. The van der Waals surface area contributed by atoms with Crippen LogP contribution in [0.2, 0.25) is 0 Å². The summed E-state index contributed by atoms with van der Waals surface area (Å²) in [5.41, 5.74) is 2.89. The van der Waals surface area contributed by atoms with Crippen molar-refractivity contribution >= 4 is 5.69 Å². The van der Waals surface area contributed by atoms with E-state index >= 15 is 0 Å². The number of benzene rings is 1. The Bertz CT molecular complexity index is 700. The minimum atomic E-state index is 0.601. The predicted octanol–water partition coefficient (Wildman–Crippen LogP) is 3.22. The summed E-state index contributed by atoms with van der Waals surface area (Å²) >= 11 is 0. The molecule has 0 N–H and O–H groups in total. The standard InChI is InChI=1S/C17H18N4/c18-12-14-11-15(5-6-16(14)20-8-1-2-9-20)21-10-7-19-17(21)13-3-4-13/h5-7,10-11,13H,1-4,8-9H2. The van der Waals surface area contributed by atoms with Crippen molar-refractivity contribution in [2.75, 3.05) is 18.0 Å². The van der Waals surface area contributed by atoms with Gasteiger partial charge in [-0.25, -0.2) is 4.98 Å². The number of hydrogen-bond acceptors (Lipinski definition) is 3. The van der Waals surface area contributed by atoms with E-state index in [0.29, 0.717) is 5.92 Å². The lowest BCUT2D eigenvalue weighted by atomic mass is 10.1. The van der Waals surface area contributed by atoms with Crippen LogP contribution in [0.5, 0.6) is 0 Å². The van der Waals surface area contributed by atoms with Crippen molar-refractivity contribution in [2.45, 2.75) is 31.6 Å². The fourth-order valence-electron chi connectivity index (χ4n) is 3.17. The highest BCUT2D eigenvalue weighted by atomic mass is 15.1. The first-order valence-electron chi connectivity index (χ1n) is 7.69. The molecule has 0 atom stereocenters. The van der Waals surface area contributed by atoms with Gasteiger partial charge in [-0.05, 0) is 43.9 Å². The highest BCUT2D eigenvalue weighted by Crippen LogP contribution is 2.40. The van der Waals surface area contributed by atoms with E-state index in [9.17, 15) is 5.26 Å². The van der Waals surface area contributed by atoms with Crippen LogP contribution in [0.1, 0.15) is 43.0 Å². The molecule has 2 fully saturated rings. The molecule has 1 saturated heterocycles. The van der Waals surface area contributed by atoms with Crippen molar-refractivity contribution < 1.29 is 0 Å². The van der Waals surface area contributed by atoms with Gasteiger partial charge in [0.2, 0.25) is 0 Å². The molecule has 2 aromatic rings. The van der Waals surface area contributed by atoms with Crippen LogP contribution in [0.4, 0.5) is 5.69 Å². The maximum Gasteiger partial charge on any atom is 0.116 e. The lowest BCUT2D eigenvalue weighted by Crippen LogP contribution is -2.18. The molecule has 4 rings (SSSR count). The van der Waals surface area contributed by atoms with Crippen molar-refractivity contribution in [1.29, 1.82) is 5.26 Å². The predicted molar refractivity (Wildman–Crippen MR) is 81.7 cm³/mol. The average Bonchev–Trinajstić information content (AvgIpc) is 3.04. The van der Waals surface area contributed by atoms with E-state index in [-0.39, 0.29) is 0 Å². The van der Waals surface area contributed by atoms with Gasteiger partial charge in [-0.15, -0.1) is 0 Å². The van der Waals surface area contributed by atoms with Gasteiger partial charge >= 0.3 is 0 Å². The quantitative estimate of drug-likeness (QED) is 0.866. The van der Waals surface area contributed by atoms with Crippen LogP contribution in [0, 0.1) is 11.3 Å². The summed E-state index contributed by atoms with van der Waals surface area (Å²) in [4.78, 5) is 6.80. The van der Waals surface area contributed by atoms with E-state index in [1.165, 1.54) is 25.7 Å². The second kappa shape index (κ2) is 4.92. The zero-order chi connectivity index (χ0) is 14.2. The van der Waals surface area contributed by atoms with Crippen LogP contribution >= 0.6 is 0 Å². The maximum atomic E-state index is 9.49. The summed E-state index contributed by atoms with van der Waals surface area (Å²) in [7, 11) is 0. The van der Waals surface area contributed by atoms with Gasteiger partial charge in [0.15, 0.2) is 0 Å². The van der Waals surface area contributed by atoms with Crippen LogP contribution < -0.4 is 4.90 Å². The first-order chi connectivity index (χ1) is 10.4. The fraction of sp³-hybridized carbons (Fsp3) is 0.412. The number of hydrogen-bond donors (Lipinski definition) is 0. The summed E-state index contributed by atoms with van der Waals surface area (Å²) in [6.45, 7) is 2.12. The number of imidazole rings is 1. The molecule has 0 radical (unpaired) electrons. The Morgan fingerprint density at radius 1 is 1.19 bits per heavy atom. The topological polar surface area (TPSA) is 44.9 Å². The van der Waals surface area contributed by atoms with Crippen molar-refractivity contribution in [1.82, 2.24) is 9.55 Å². The van der Waals surface area contributed by atoms with Crippen molar-refractivity contribution in [3.63, 3.8) is 0 Å². The highest BCUT2D eigenvalue weighted by molar-refractivity contribution is 5.63. The number of anilines is 1. The second-order valence-electron chi connectivity index (χ2n) is 5.94.